The van der Waals surface area contributed by atoms with Gasteiger partial charge in [-0.15, -0.1) is 0 Å². The molecule has 0 radical (unpaired) electrons. The van der Waals surface area contributed by atoms with Crippen molar-refractivity contribution in [1.29, 1.82) is 0 Å². The van der Waals surface area contributed by atoms with E-state index in [-0.39, 0.29) is 17.6 Å². The first-order valence-electron chi connectivity index (χ1n) is 9.66. The number of nitrogens with zero attached hydrogens (tertiary/aromatic N) is 2. The van der Waals surface area contributed by atoms with Gasteiger partial charge in [-0.05, 0) is 49.8 Å². The molecule has 1 atom stereocenters. The zero-order chi connectivity index (χ0) is 21.2. The molecule has 0 fully saturated rings. The van der Waals surface area contributed by atoms with E-state index >= 15 is 0 Å². The SMILES string of the molecule is CCC[C@@H](NC(=O)c1cnc(Oc2ccc3c(c2C)B(O)OC3)cn1)C(C)(C)O. The minimum Gasteiger partial charge on any atom is -0.437 e. The maximum atomic E-state index is 12.5. The van der Waals surface area contributed by atoms with Gasteiger partial charge in [-0.25, -0.2) is 9.97 Å². The van der Waals surface area contributed by atoms with E-state index in [1.807, 2.05) is 19.9 Å². The van der Waals surface area contributed by atoms with Crippen LogP contribution < -0.4 is 15.5 Å². The molecule has 0 bridgehead atoms. The number of hydrogen-bond donors (Lipinski definition) is 3. The average Bonchev–Trinajstić information content (AvgIpc) is 3.05. The standard InChI is InChI=1S/C20H26BN3O5/c1-5-6-16(20(3,4)26)24-19(25)14-9-23-17(10-22-14)29-15-8-7-13-11-28-21(27)18(13)12(15)2/h7-10,16,26-27H,5-6,11H2,1-4H3,(H,24,25)/t16-/m1/s1. The summed E-state index contributed by atoms with van der Waals surface area (Å²) in [5.41, 5.74) is 1.50. The number of hydrogen-bond acceptors (Lipinski definition) is 7. The molecule has 0 saturated carbocycles. The van der Waals surface area contributed by atoms with Crippen molar-refractivity contribution in [2.75, 3.05) is 0 Å². The van der Waals surface area contributed by atoms with Crippen molar-refractivity contribution >= 4 is 18.5 Å². The second-order valence-corrected chi connectivity index (χ2v) is 7.74. The second kappa shape index (κ2) is 8.48. The second-order valence-electron chi connectivity index (χ2n) is 7.74. The molecule has 1 aliphatic heterocycles. The molecule has 1 aromatic carbocycles. The molecule has 9 heteroatoms. The number of rotatable bonds is 7. The Morgan fingerprint density at radius 2 is 2.14 bits per heavy atom. The van der Waals surface area contributed by atoms with E-state index in [1.165, 1.54) is 12.4 Å². The highest BCUT2D eigenvalue weighted by Gasteiger charge is 2.31. The van der Waals surface area contributed by atoms with Gasteiger partial charge >= 0.3 is 7.12 Å². The van der Waals surface area contributed by atoms with E-state index < -0.39 is 18.6 Å². The molecule has 2 aromatic rings. The van der Waals surface area contributed by atoms with Crippen LogP contribution in [0.3, 0.4) is 0 Å². The molecule has 29 heavy (non-hydrogen) atoms. The Kier molecular flexibility index (Phi) is 6.21. The minimum absolute atomic E-state index is 0.136. The zero-order valence-corrected chi connectivity index (χ0v) is 17.1. The van der Waals surface area contributed by atoms with Gasteiger partial charge in [0.2, 0.25) is 5.88 Å². The van der Waals surface area contributed by atoms with E-state index in [1.54, 1.807) is 19.9 Å². The number of nitrogens with one attached hydrogen (secondary N) is 1. The number of benzene rings is 1. The number of ether oxygens (including phenoxy) is 1. The Balaban J connectivity index is 1.71. The van der Waals surface area contributed by atoms with Crippen LogP contribution in [-0.4, -0.2) is 44.8 Å². The third-order valence-electron chi connectivity index (χ3n) is 5.01. The fraction of sp³-hybridized carbons (Fsp3) is 0.450. The predicted molar refractivity (Wildman–Crippen MR) is 108 cm³/mol. The van der Waals surface area contributed by atoms with Crippen molar-refractivity contribution in [3.63, 3.8) is 0 Å². The van der Waals surface area contributed by atoms with Gasteiger partial charge in [0.15, 0.2) is 0 Å². The normalized spacial score (nSPS) is 14.5. The summed E-state index contributed by atoms with van der Waals surface area (Å²) in [5, 5.41) is 23.0. The summed E-state index contributed by atoms with van der Waals surface area (Å²) in [6.45, 7) is 7.52. The van der Waals surface area contributed by atoms with Crippen LogP contribution in [0.25, 0.3) is 0 Å². The number of aliphatic hydroxyl groups is 1. The quantitative estimate of drug-likeness (QED) is 0.604. The number of aromatic nitrogens is 2. The number of carbonyl (C=O) groups is 1. The lowest BCUT2D eigenvalue weighted by molar-refractivity contribution is 0.0318. The van der Waals surface area contributed by atoms with Crippen LogP contribution >= 0.6 is 0 Å². The van der Waals surface area contributed by atoms with Crippen molar-refractivity contribution in [3.8, 4) is 11.6 Å². The Labute approximate surface area is 170 Å². The van der Waals surface area contributed by atoms with E-state index in [4.69, 9.17) is 9.39 Å². The van der Waals surface area contributed by atoms with Crippen LogP contribution in [0.15, 0.2) is 24.5 Å². The zero-order valence-electron chi connectivity index (χ0n) is 17.1. The van der Waals surface area contributed by atoms with Crippen LogP contribution in [0, 0.1) is 6.92 Å². The lowest BCUT2D eigenvalue weighted by Gasteiger charge is -2.29. The lowest BCUT2D eigenvalue weighted by Crippen LogP contribution is -2.49. The summed E-state index contributed by atoms with van der Waals surface area (Å²) in [4.78, 5) is 20.8. The molecule has 0 spiro atoms. The molecular weight excluding hydrogens is 373 g/mol. The first-order chi connectivity index (χ1) is 13.7. The Morgan fingerprint density at radius 1 is 1.38 bits per heavy atom. The summed E-state index contributed by atoms with van der Waals surface area (Å²) >= 11 is 0. The molecule has 0 saturated heterocycles. The van der Waals surface area contributed by atoms with Gasteiger partial charge in [0.1, 0.15) is 11.4 Å². The molecular formula is C20H26BN3O5. The monoisotopic (exact) mass is 399 g/mol. The average molecular weight is 399 g/mol. The summed E-state index contributed by atoms with van der Waals surface area (Å²) in [5.74, 6) is 0.356. The lowest BCUT2D eigenvalue weighted by atomic mass is 9.76. The van der Waals surface area contributed by atoms with Gasteiger partial charge in [0.25, 0.3) is 5.91 Å². The summed E-state index contributed by atoms with van der Waals surface area (Å²) < 4.78 is 11.0. The fourth-order valence-corrected chi connectivity index (χ4v) is 3.32. The molecule has 1 amide bonds. The Hall–Kier alpha value is -2.49. The van der Waals surface area contributed by atoms with Crippen molar-refractivity contribution in [2.24, 2.45) is 0 Å². The van der Waals surface area contributed by atoms with E-state index in [2.05, 4.69) is 15.3 Å². The molecule has 1 aromatic heterocycles. The summed E-state index contributed by atoms with van der Waals surface area (Å²) in [6.07, 6.45) is 4.18. The summed E-state index contributed by atoms with van der Waals surface area (Å²) in [6, 6.07) is 3.24. The molecule has 154 valence electrons. The maximum absolute atomic E-state index is 12.5. The van der Waals surface area contributed by atoms with Gasteiger partial charge in [-0.3, -0.25) is 4.79 Å². The highest BCUT2D eigenvalue weighted by molar-refractivity contribution is 6.62. The first kappa shape index (κ1) is 21.2. The smallest absolute Gasteiger partial charge is 0.437 e. The van der Waals surface area contributed by atoms with Crippen molar-refractivity contribution < 1.29 is 24.3 Å². The van der Waals surface area contributed by atoms with Gasteiger partial charge in [-0.1, -0.05) is 19.4 Å². The Morgan fingerprint density at radius 3 is 2.76 bits per heavy atom. The van der Waals surface area contributed by atoms with Crippen molar-refractivity contribution in [2.45, 2.75) is 58.8 Å². The largest absolute Gasteiger partial charge is 0.492 e. The number of amides is 1. The predicted octanol–water partition coefficient (Wildman–Crippen LogP) is 1.46. The maximum Gasteiger partial charge on any atom is 0.492 e. The number of fused-ring (bicyclic) bond motifs is 1. The van der Waals surface area contributed by atoms with Gasteiger partial charge in [0.05, 0.1) is 30.6 Å². The topological polar surface area (TPSA) is 114 Å². The van der Waals surface area contributed by atoms with Crippen LogP contribution in [0.5, 0.6) is 11.6 Å². The van der Waals surface area contributed by atoms with Gasteiger partial charge in [0, 0.05) is 0 Å². The summed E-state index contributed by atoms with van der Waals surface area (Å²) in [7, 11) is -0.961. The van der Waals surface area contributed by atoms with Crippen LogP contribution in [0.2, 0.25) is 0 Å². The minimum atomic E-state index is -1.04. The molecule has 1 aliphatic rings. The molecule has 2 heterocycles. The molecule has 8 nitrogen and oxygen atoms in total. The first-order valence-corrected chi connectivity index (χ1v) is 9.66. The molecule has 0 aliphatic carbocycles. The van der Waals surface area contributed by atoms with E-state index in [0.717, 1.165) is 17.5 Å². The highest BCUT2D eigenvalue weighted by atomic mass is 16.5. The van der Waals surface area contributed by atoms with Gasteiger partial charge in [-0.2, -0.15) is 0 Å². The molecule has 3 N–H and O–H groups in total. The van der Waals surface area contributed by atoms with E-state index in [0.29, 0.717) is 24.2 Å². The van der Waals surface area contributed by atoms with Crippen LogP contribution in [0.4, 0.5) is 0 Å². The fourth-order valence-electron chi connectivity index (χ4n) is 3.32. The van der Waals surface area contributed by atoms with Crippen LogP contribution in [0.1, 0.15) is 55.2 Å². The number of carbonyl (C=O) groups excluding carboxylic acids is 1. The molecule has 0 unspecified atom stereocenters. The van der Waals surface area contributed by atoms with Crippen molar-refractivity contribution in [1.82, 2.24) is 15.3 Å². The highest BCUT2D eigenvalue weighted by Crippen LogP contribution is 2.25. The van der Waals surface area contributed by atoms with Crippen molar-refractivity contribution in [3.05, 3.63) is 41.3 Å². The molecule has 3 rings (SSSR count). The van der Waals surface area contributed by atoms with E-state index in [9.17, 15) is 14.9 Å². The Bertz CT molecular complexity index is 883. The third kappa shape index (κ3) is 4.75. The van der Waals surface area contributed by atoms with Crippen LogP contribution in [-0.2, 0) is 11.3 Å². The van der Waals surface area contributed by atoms with Gasteiger partial charge < -0.3 is 24.8 Å². The third-order valence-corrected chi connectivity index (χ3v) is 5.01.